The number of aryl methyl sites for hydroxylation is 1. The summed E-state index contributed by atoms with van der Waals surface area (Å²) < 4.78 is 1.89. The SMILES string of the molecule is CNC(=O)CCCN1/C(=C/C2=C([O-])C(=C/c3ccc4ccccc4[n+]3CCCC(=N)[O-])/C(=O)C2=O)C=Cc2ccccc21. The molecule has 5 rings (SSSR count). The molecule has 0 atom stereocenters. The molecule has 2 aliphatic rings. The molecule has 2 heterocycles. The van der Waals surface area contributed by atoms with Gasteiger partial charge in [-0.3, -0.25) is 14.4 Å². The Morgan fingerprint density at radius 3 is 2.51 bits per heavy atom. The van der Waals surface area contributed by atoms with Crippen LogP contribution in [0.3, 0.4) is 0 Å². The quantitative estimate of drug-likeness (QED) is 0.125. The second-order valence-electron chi connectivity index (χ2n) is 10.3. The Morgan fingerprint density at radius 1 is 0.953 bits per heavy atom. The molecule has 0 saturated carbocycles. The predicted octanol–water partition coefficient (Wildman–Crippen LogP) is 2.34. The van der Waals surface area contributed by atoms with Gasteiger partial charge >= 0.3 is 0 Å². The molecule has 0 unspecified atom stereocenters. The molecular weight excluding hydrogens is 544 g/mol. The average molecular weight is 576 g/mol. The highest BCUT2D eigenvalue weighted by atomic mass is 16.3. The molecule has 1 aliphatic heterocycles. The molecular formula is C34H31N4O5-. The van der Waals surface area contributed by atoms with E-state index in [1.54, 1.807) is 19.2 Å². The Bertz CT molecular complexity index is 1770. The lowest BCUT2D eigenvalue weighted by atomic mass is 10.0. The fourth-order valence-corrected chi connectivity index (χ4v) is 5.38. The van der Waals surface area contributed by atoms with Crippen LogP contribution >= 0.6 is 0 Å². The molecule has 2 N–H and O–H groups in total. The zero-order valence-corrected chi connectivity index (χ0v) is 23.8. The van der Waals surface area contributed by atoms with Crippen molar-refractivity contribution in [2.45, 2.75) is 32.2 Å². The van der Waals surface area contributed by atoms with Crippen LogP contribution in [0.2, 0.25) is 0 Å². The number of nitrogens with zero attached hydrogens (tertiary/aromatic N) is 2. The first-order valence-electron chi connectivity index (χ1n) is 14.1. The van der Waals surface area contributed by atoms with Crippen LogP contribution in [0.15, 0.2) is 95.4 Å². The molecule has 1 aliphatic carbocycles. The van der Waals surface area contributed by atoms with Gasteiger partial charge in [-0.1, -0.05) is 42.2 Å². The summed E-state index contributed by atoms with van der Waals surface area (Å²) in [5.41, 5.74) is 3.35. The number of carbonyl (C=O) groups is 3. The van der Waals surface area contributed by atoms with Crippen LogP contribution in [0, 0.1) is 5.41 Å². The summed E-state index contributed by atoms with van der Waals surface area (Å²) in [6.07, 6.45) is 7.92. The lowest BCUT2D eigenvalue weighted by Crippen LogP contribution is -2.38. The summed E-state index contributed by atoms with van der Waals surface area (Å²) in [7, 11) is 1.58. The summed E-state index contributed by atoms with van der Waals surface area (Å²) in [4.78, 5) is 40.1. The maximum Gasteiger partial charge on any atom is 0.233 e. The van der Waals surface area contributed by atoms with Crippen molar-refractivity contribution in [3.63, 3.8) is 0 Å². The van der Waals surface area contributed by atoms with Crippen molar-refractivity contribution in [2.24, 2.45) is 0 Å². The summed E-state index contributed by atoms with van der Waals surface area (Å²) in [5, 5.41) is 35.7. The van der Waals surface area contributed by atoms with Crippen molar-refractivity contribution >= 4 is 52.1 Å². The number of amides is 1. The number of aromatic nitrogens is 1. The molecule has 2 aromatic carbocycles. The van der Waals surface area contributed by atoms with Crippen molar-refractivity contribution in [3.05, 3.63) is 107 Å². The molecule has 0 spiro atoms. The number of carbonyl (C=O) groups excluding carboxylic acids is 3. The third-order valence-corrected chi connectivity index (χ3v) is 7.56. The van der Waals surface area contributed by atoms with E-state index < -0.39 is 23.2 Å². The number of fused-ring (bicyclic) bond motifs is 2. The van der Waals surface area contributed by atoms with Gasteiger partial charge in [0.2, 0.25) is 28.7 Å². The molecule has 1 amide bonds. The Hall–Kier alpha value is -5.31. The topological polar surface area (TPSA) is 140 Å². The van der Waals surface area contributed by atoms with Crippen LogP contribution in [0.5, 0.6) is 0 Å². The molecule has 0 fully saturated rings. The van der Waals surface area contributed by atoms with E-state index in [1.165, 1.54) is 12.2 Å². The van der Waals surface area contributed by atoms with Gasteiger partial charge in [0.05, 0.1) is 0 Å². The van der Waals surface area contributed by atoms with Crippen LogP contribution in [-0.2, 0) is 20.9 Å². The number of rotatable bonds is 10. The minimum absolute atomic E-state index is 0.0738. The monoisotopic (exact) mass is 575 g/mol. The third kappa shape index (κ3) is 6.16. The molecule has 1 aromatic heterocycles. The number of Topliss-reactive ketones (excluding diaryl/α,β-unsaturated/α-hetero) is 2. The average Bonchev–Trinajstić information content (AvgIpc) is 3.20. The molecule has 43 heavy (non-hydrogen) atoms. The summed E-state index contributed by atoms with van der Waals surface area (Å²) in [6.45, 7) is 0.849. The van der Waals surface area contributed by atoms with E-state index >= 15 is 0 Å². The highest BCUT2D eigenvalue weighted by Gasteiger charge is 2.32. The summed E-state index contributed by atoms with van der Waals surface area (Å²) >= 11 is 0. The zero-order valence-electron chi connectivity index (χ0n) is 23.8. The first-order chi connectivity index (χ1) is 20.8. The maximum atomic E-state index is 13.6. The van der Waals surface area contributed by atoms with Crippen molar-refractivity contribution in [3.8, 4) is 0 Å². The molecule has 218 valence electrons. The van der Waals surface area contributed by atoms with E-state index in [0.29, 0.717) is 43.7 Å². The first-order valence-corrected chi connectivity index (χ1v) is 14.1. The normalized spacial score (nSPS) is 16.4. The van der Waals surface area contributed by atoms with E-state index in [2.05, 4.69) is 5.32 Å². The van der Waals surface area contributed by atoms with Crippen molar-refractivity contribution in [1.82, 2.24) is 5.32 Å². The van der Waals surface area contributed by atoms with E-state index in [1.807, 2.05) is 70.1 Å². The highest BCUT2D eigenvalue weighted by molar-refractivity contribution is 6.54. The maximum absolute atomic E-state index is 13.6. The smallest absolute Gasteiger partial charge is 0.233 e. The minimum Gasteiger partial charge on any atom is -0.871 e. The molecule has 9 heteroatoms. The fraction of sp³-hybridized carbons (Fsp3) is 0.206. The van der Waals surface area contributed by atoms with Crippen LogP contribution < -0.4 is 25.0 Å². The van der Waals surface area contributed by atoms with Crippen molar-refractivity contribution in [1.29, 1.82) is 5.41 Å². The number of allylic oxidation sites excluding steroid dienone is 4. The van der Waals surface area contributed by atoms with Crippen LogP contribution in [0.25, 0.3) is 23.1 Å². The van der Waals surface area contributed by atoms with Gasteiger partial charge in [-0.15, -0.1) is 0 Å². The number of pyridine rings is 1. The second-order valence-corrected chi connectivity index (χ2v) is 10.3. The number of ketones is 2. The third-order valence-electron chi connectivity index (χ3n) is 7.56. The number of hydrogen-bond donors (Lipinski definition) is 2. The molecule has 3 aromatic rings. The number of benzene rings is 2. The number of hydrogen-bond acceptors (Lipinski definition) is 7. The van der Waals surface area contributed by atoms with Gasteiger partial charge in [0.1, 0.15) is 6.54 Å². The molecule has 0 bridgehead atoms. The Kier molecular flexibility index (Phi) is 8.61. The minimum atomic E-state index is -0.871. The van der Waals surface area contributed by atoms with Crippen LogP contribution in [0.1, 0.15) is 36.9 Å². The van der Waals surface area contributed by atoms with Gasteiger partial charge in [-0.05, 0) is 54.7 Å². The van der Waals surface area contributed by atoms with Gasteiger partial charge in [0.25, 0.3) is 0 Å². The standard InChI is InChI=1S/C34H32N4O5/c1-36-31(40)13-7-19-38-25(17-15-23-9-3-5-11-29(23)38)21-27-32(41)26(33(42)34(27)43)20-24-16-14-22-8-2-4-10-28(22)37(24)18-6-12-30(35)39/h2-5,8-11,14-17,20-21H,6-7,12-13,18-19H2,1H3,(H3-,35,36,39,40,41,42,43)/p-1. The van der Waals surface area contributed by atoms with E-state index in [4.69, 9.17) is 5.41 Å². The molecule has 0 saturated heterocycles. The van der Waals surface area contributed by atoms with Crippen molar-refractivity contribution in [2.75, 3.05) is 18.5 Å². The Balaban J connectivity index is 1.54. The van der Waals surface area contributed by atoms with E-state index in [-0.39, 0.29) is 23.5 Å². The van der Waals surface area contributed by atoms with Gasteiger partial charge in [0, 0.05) is 72.6 Å². The number of para-hydroxylation sites is 2. The fourth-order valence-electron chi connectivity index (χ4n) is 5.38. The number of nitrogens with one attached hydrogen (secondary N) is 2. The van der Waals surface area contributed by atoms with E-state index in [9.17, 15) is 24.6 Å². The van der Waals surface area contributed by atoms with Gasteiger partial charge in [-0.25, -0.2) is 0 Å². The van der Waals surface area contributed by atoms with Gasteiger partial charge < -0.3 is 25.8 Å². The Labute approximate surface area is 249 Å². The summed E-state index contributed by atoms with van der Waals surface area (Å²) in [6, 6.07) is 18.9. The van der Waals surface area contributed by atoms with Gasteiger partial charge in [-0.2, -0.15) is 4.57 Å². The Morgan fingerprint density at radius 2 is 1.72 bits per heavy atom. The number of anilines is 1. The molecule has 9 nitrogen and oxygen atoms in total. The highest BCUT2D eigenvalue weighted by Crippen LogP contribution is 2.33. The summed E-state index contributed by atoms with van der Waals surface area (Å²) in [5.74, 6) is -3.14. The van der Waals surface area contributed by atoms with Gasteiger partial charge in [0.15, 0.2) is 0 Å². The lowest BCUT2D eigenvalue weighted by molar-refractivity contribution is -0.673. The van der Waals surface area contributed by atoms with Crippen LogP contribution in [-0.4, -0.2) is 37.0 Å². The predicted molar refractivity (Wildman–Crippen MR) is 160 cm³/mol. The largest absolute Gasteiger partial charge is 0.871 e. The lowest BCUT2D eigenvalue weighted by Gasteiger charge is -2.31. The second kappa shape index (κ2) is 12.7. The zero-order chi connectivity index (χ0) is 30.5. The van der Waals surface area contributed by atoms with E-state index in [0.717, 1.165) is 22.2 Å². The van der Waals surface area contributed by atoms with Crippen molar-refractivity contribution < 1.29 is 29.2 Å². The first kappa shape index (κ1) is 29.2. The van der Waals surface area contributed by atoms with Crippen LogP contribution in [0.4, 0.5) is 5.69 Å². The molecule has 0 radical (unpaired) electrons.